The van der Waals surface area contributed by atoms with Gasteiger partial charge in [0, 0.05) is 44.1 Å². The van der Waals surface area contributed by atoms with Crippen LogP contribution in [0, 0.1) is 0 Å². The molecule has 0 aromatic rings. The van der Waals surface area contributed by atoms with Crippen molar-refractivity contribution in [1.82, 2.24) is 10.2 Å². The van der Waals surface area contributed by atoms with Crippen molar-refractivity contribution in [3.8, 4) is 0 Å². The molecule has 0 aliphatic carbocycles. The molecule has 1 N–H and O–H groups in total. The first-order chi connectivity index (χ1) is 8.27. The number of nitrogens with one attached hydrogen (secondary N) is 1. The van der Waals surface area contributed by atoms with Gasteiger partial charge in [0.1, 0.15) is 0 Å². The van der Waals surface area contributed by atoms with E-state index in [9.17, 15) is 0 Å². The Kier molecular flexibility index (Phi) is 3.67. The lowest BCUT2D eigenvalue weighted by atomic mass is 9.88. The summed E-state index contributed by atoms with van der Waals surface area (Å²) < 4.78 is 6.11. The van der Waals surface area contributed by atoms with Crippen LogP contribution in [0.15, 0.2) is 0 Å². The summed E-state index contributed by atoms with van der Waals surface area (Å²) in [7, 11) is 0. The smallest absolute Gasteiger partial charge is 0.0795 e. The van der Waals surface area contributed by atoms with Crippen molar-refractivity contribution in [3.05, 3.63) is 0 Å². The Morgan fingerprint density at radius 1 is 1.47 bits per heavy atom. The molecule has 3 fully saturated rings. The van der Waals surface area contributed by atoms with Crippen molar-refractivity contribution in [2.24, 2.45) is 0 Å². The third kappa shape index (κ3) is 2.65. The van der Waals surface area contributed by atoms with Gasteiger partial charge >= 0.3 is 0 Å². The van der Waals surface area contributed by atoms with E-state index in [1.807, 2.05) is 0 Å². The Morgan fingerprint density at radius 3 is 3.18 bits per heavy atom. The van der Waals surface area contributed by atoms with Crippen molar-refractivity contribution < 1.29 is 4.74 Å². The van der Waals surface area contributed by atoms with Crippen LogP contribution in [-0.2, 0) is 4.74 Å². The zero-order valence-electron chi connectivity index (χ0n) is 10.8. The molecule has 98 valence electrons. The van der Waals surface area contributed by atoms with Crippen LogP contribution in [0.1, 0.15) is 26.2 Å². The lowest BCUT2D eigenvalue weighted by Crippen LogP contribution is -2.56. The number of nitrogens with zero attached hydrogens (tertiary/aromatic N) is 1. The van der Waals surface area contributed by atoms with Gasteiger partial charge in [0.15, 0.2) is 0 Å². The number of hydrogen-bond donors (Lipinski definition) is 1. The fourth-order valence-electron chi connectivity index (χ4n) is 3.47. The summed E-state index contributed by atoms with van der Waals surface area (Å²) in [6.45, 7) is 6.86. The molecule has 4 heteroatoms. The number of ether oxygens (including phenoxy) is 1. The maximum absolute atomic E-state index is 6.11. The fraction of sp³-hybridized carbons (Fsp3) is 1.00. The van der Waals surface area contributed by atoms with E-state index in [1.165, 1.54) is 43.9 Å². The van der Waals surface area contributed by atoms with Crippen molar-refractivity contribution >= 4 is 11.8 Å². The zero-order valence-corrected chi connectivity index (χ0v) is 11.6. The second kappa shape index (κ2) is 5.08. The van der Waals surface area contributed by atoms with Gasteiger partial charge in [0.2, 0.25) is 0 Å². The van der Waals surface area contributed by atoms with Gasteiger partial charge in [-0.25, -0.2) is 0 Å². The third-order valence-corrected chi connectivity index (χ3v) is 5.67. The van der Waals surface area contributed by atoms with Crippen molar-refractivity contribution in [3.63, 3.8) is 0 Å². The number of piperazine rings is 1. The molecule has 0 bridgehead atoms. The summed E-state index contributed by atoms with van der Waals surface area (Å²) >= 11 is 2.07. The first-order valence-corrected chi connectivity index (χ1v) is 8.12. The number of rotatable bonds is 1. The second-order valence-corrected chi connectivity index (χ2v) is 6.94. The van der Waals surface area contributed by atoms with Gasteiger partial charge in [-0.15, -0.1) is 0 Å². The first kappa shape index (κ1) is 12.3. The Hall–Kier alpha value is 0.230. The van der Waals surface area contributed by atoms with E-state index in [0.29, 0.717) is 6.04 Å². The monoisotopic (exact) mass is 256 g/mol. The van der Waals surface area contributed by atoms with Gasteiger partial charge in [-0.2, -0.15) is 11.8 Å². The largest absolute Gasteiger partial charge is 0.374 e. The minimum absolute atomic E-state index is 0.238. The molecular weight excluding hydrogens is 232 g/mol. The third-order valence-electron chi connectivity index (χ3n) is 4.45. The summed E-state index contributed by atoms with van der Waals surface area (Å²) in [5, 5.41) is 3.54. The summed E-state index contributed by atoms with van der Waals surface area (Å²) in [6, 6.07) is 1.42. The lowest BCUT2D eigenvalue weighted by Gasteiger charge is -2.45. The van der Waals surface area contributed by atoms with Crippen LogP contribution in [0.3, 0.4) is 0 Å². The van der Waals surface area contributed by atoms with E-state index in [4.69, 9.17) is 4.74 Å². The standard InChI is InChI=1S/C13H24N2OS/c1-11-9-15(5-4-14-11)12-2-6-16-13(8-12)3-7-17-10-13/h11-12,14H,2-10H2,1H3. The highest BCUT2D eigenvalue weighted by atomic mass is 32.2. The molecule has 0 aromatic heterocycles. The van der Waals surface area contributed by atoms with Gasteiger partial charge in [-0.05, 0) is 31.9 Å². The summed E-state index contributed by atoms with van der Waals surface area (Å²) in [6.07, 6.45) is 3.78. The maximum Gasteiger partial charge on any atom is 0.0795 e. The van der Waals surface area contributed by atoms with Crippen molar-refractivity contribution in [1.29, 1.82) is 0 Å². The average molecular weight is 256 g/mol. The zero-order chi connectivity index (χ0) is 11.7. The quantitative estimate of drug-likeness (QED) is 0.765. The molecule has 3 heterocycles. The minimum Gasteiger partial charge on any atom is -0.374 e. The SMILES string of the molecule is CC1CN(C2CCOC3(CCSC3)C2)CCN1. The predicted octanol–water partition coefficient (Wildman–Crippen LogP) is 1.33. The van der Waals surface area contributed by atoms with Crippen LogP contribution in [-0.4, -0.2) is 60.3 Å². The number of hydrogen-bond acceptors (Lipinski definition) is 4. The summed E-state index contributed by atoms with van der Waals surface area (Å²) in [4.78, 5) is 2.70. The van der Waals surface area contributed by atoms with Crippen LogP contribution in [0.5, 0.6) is 0 Å². The first-order valence-electron chi connectivity index (χ1n) is 6.97. The fourth-order valence-corrected chi connectivity index (χ4v) is 4.85. The second-order valence-electron chi connectivity index (χ2n) is 5.83. The lowest BCUT2D eigenvalue weighted by molar-refractivity contribution is -0.0920. The van der Waals surface area contributed by atoms with Gasteiger partial charge in [-0.3, -0.25) is 4.90 Å². The molecule has 3 aliphatic rings. The summed E-state index contributed by atoms with van der Waals surface area (Å²) in [5.41, 5.74) is 0.238. The Bertz CT molecular complexity index is 268. The van der Waals surface area contributed by atoms with Crippen LogP contribution in [0.4, 0.5) is 0 Å². The molecule has 3 atom stereocenters. The average Bonchev–Trinajstić information content (AvgIpc) is 2.77. The Morgan fingerprint density at radius 2 is 2.41 bits per heavy atom. The maximum atomic E-state index is 6.11. The molecule has 0 saturated carbocycles. The van der Waals surface area contributed by atoms with Gasteiger partial charge in [0.25, 0.3) is 0 Å². The molecule has 0 aromatic carbocycles. The molecule has 0 radical (unpaired) electrons. The molecule has 17 heavy (non-hydrogen) atoms. The predicted molar refractivity (Wildman–Crippen MR) is 72.7 cm³/mol. The molecular formula is C13H24N2OS. The van der Waals surface area contributed by atoms with E-state index in [2.05, 4.69) is 28.9 Å². The molecule has 3 nitrogen and oxygen atoms in total. The molecule has 3 unspecified atom stereocenters. The topological polar surface area (TPSA) is 24.5 Å². The number of thioether (sulfide) groups is 1. The summed E-state index contributed by atoms with van der Waals surface area (Å²) in [5.74, 6) is 2.52. The highest BCUT2D eigenvalue weighted by Gasteiger charge is 2.42. The Balaban J connectivity index is 1.62. The van der Waals surface area contributed by atoms with E-state index < -0.39 is 0 Å². The highest BCUT2D eigenvalue weighted by molar-refractivity contribution is 7.99. The molecule has 3 rings (SSSR count). The van der Waals surface area contributed by atoms with Crippen LogP contribution in [0.2, 0.25) is 0 Å². The van der Waals surface area contributed by atoms with Crippen molar-refractivity contribution in [2.75, 3.05) is 37.7 Å². The molecule has 3 saturated heterocycles. The van der Waals surface area contributed by atoms with E-state index >= 15 is 0 Å². The van der Waals surface area contributed by atoms with Gasteiger partial charge < -0.3 is 10.1 Å². The van der Waals surface area contributed by atoms with Crippen LogP contribution < -0.4 is 5.32 Å². The van der Waals surface area contributed by atoms with Gasteiger partial charge in [-0.1, -0.05) is 0 Å². The molecule has 1 spiro atoms. The van der Waals surface area contributed by atoms with Crippen molar-refractivity contribution in [2.45, 2.75) is 43.9 Å². The van der Waals surface area contributed by atoms with E-state index in [-0.39, 0.29) is 5.60 Å². The normalized spacial score (nSPS) is 44.3. The van der Waals surface area contributed by atoms with Crippen LogP contribution >= 0.6 is 11.8 Å². The molecule has 0 amide bonds. The van der Waals surface area contributed by atoms with Gasteiger partial charge in [0.05, 0.1) is 5.60 Å². The Labute approximate surface area is 109 Å². The molecule has 3 aliphatic heterocycles. The van der Waals surface area contributed by atoms with E-state index in [1.54, 1.807) is 0 Å². The van der Waals surface area contributed by atoms with E-state index in [0.717, 1.165) is 19.2 Å². The minimum atomic E-state index is 0.238. The highest BCUT2D eigenvalue weighted by Crippen LogP contribution is 2.39. The van der Waals surface area contributed by atoms with Crippen LogP contribution in [0.25, 0.3) is 0 Å².